The Kier molecular flexibility index (Phi) is 3.24. The third-order valence-electron chi connectivity index (χ3n) is 3.75. The molecule has 23 heavy (non-hydrogen) atoms. The second kappa shape index (κ2) is 5.29. The Morgan fingerprint density at radius 1 is 1.09 bits per heavy atom. The van der Waals surface area contributed by atoms with Gasteiger partial charge in [-0.2, -0.15) is 0 Å². The van der Waals surface area contributed by atoms with Gasteiger partial charge < -0.3 is 10.6 Å². The fourth-order valence-corrected chi connectivity index (χ4v) is 3.67. The van der Waals surface area contributed by atoms with Gasteiger partial charge in [-0.05, 0) is 58.6 Å². The summed E-state index contributed by atoms with van der Waals surface area (Å²) in [6.45, 7) is 0.574. The highest BCUT2D eigenvalue weighted by molar-refractivity contribution is 7.80. The van der Waals surface area contributed by atoms with Crippen LogP contribution in [0.15, 0.2) is 35.3 Å². The molecule has 0 bridgehead atoms. The molecule has 5 nitrogen and oxygen atoms in total. The molecule has 3 heterocycles. The van der Waals surface area contributed by atoms with Crippen LogP contribution in [0.3, 0.4) is 0 Å². The highest BCUT2D eigenvalue weighted by Gasteiger charge is 2.21. The molecule has 1 saturated heterocycles. The lowest BCUT2D eigenvalue weighted by molar-refractivity contribution is -0.115. The van der Waals surface area contributed by atoms with E-state index in [-0.39, 0.29) is 11.8 Å². The van der Waals surface area contributed by atoms with Gasteiger partial charge in [0.2, 0.25) is 0 Å². The molecule has 114 valence electrons. The van der Waals surface area contributed by atoms with Crippen molar-refractivity contribution >= 4 is 46.6 Å². The lowest BCUT2D eigenvalue weighted by Crippen LogP contribution is -2.21. The SMILES string of the molecule is O=C1NC(=S)NC1=Cc1cc(-c2ccc3c(c2)CNC3=O)cs1. The first-order chi connectivity index (χ1) is 11.1. The van der Waals surface area contributed by atoms with Crippen molar-refractivity contribution < 1.29 is 9.59 Å². The summed E-state index contributed by atoms with van der Waals surface area (Å²) in [6.07, 6.45) is 1.78. The number of hydrogen-bond donors (Lipinski definition) is 3. The summed E-state index contributed by atoms with van der Waals surface area (Å²) in [4.78, 5) is 24.2. The molecular formula is C16H11N3O2S2. The van der Waals surface area contributed by atoms with Gasteiger partial charge in [0, 0.05) is 17.0 Å². The maximum atomic E-state index is 11.7. The summed E-state index contributed by atoms with van der Waals surface area (Å²) in [7, 11) is 0. The van der Waals surface area contributed by atoms with Crippen molar-refractivity contribution in [2.75, 3.05) is 0 Å². The van der Waals surface area contributed by atoms with Crippen LogP contribution in [0.2, 0.25) is 0 Å². The van der Waals surface area contributed by atoms with Crippen molar-refractivity contribution in [2.24, 2.45) is 0 Å². The third-order valence-corrected chi connectivity index (χ3v) is 4.83. The van der Waals surface area contributed by atoms with Crippen molar-refractivity contribution in [1.29, 1.82) is 0 Å². The highest BCUT2D eigenvalue weighted by atomic mass is 32.1. The van der Waals surface area contributed by atoms with Crippen LogP contribution >= 0.6 is 23.6 Å². The average molecular weight is 341 g/mol. The van der Waals surface area contributed by atoms with E-state index in [0.29, 0.717) is 17.4 Å². The molecule has 1 aromatic heterocycles. The molecule has 3 N–H and O–H groups in total. The van der Waals surface area contributed by atoms with Crippen molar-refractivity contribution in [2.45, 2.75) is 6.54 Å². The number of fused-ring (bicyclic) bond motifs is 1. The Balaban J connectivity index is 1.64. The number of amides is 2. The number of rotatable bonds is 2. The van der Waals surface area contributed by atoms with Gasteiger partial charge in [0.1, 0.15) is 5.70 Å². The Hall–Kier alpha value is -2.51. The largest absolute Gasteiger partial charge is 0.348 e. The van der Waals surface area contributed by atoms with Gasteiger partial charge in [0.15, 0.2) is 5.11 Å². The lowest BCUT2D eigenvalue weighted by atomic mass is 10.0. The van der Waals surface area contributed by atoms with Gasteiger partial charge in [-0.3, -0.25) is 14.9 Å². The number of thiocarbonyl (C=S) groups is 1. The van der Waals surface area contributed by atoms with Gasteiger partial charge in [-0.25, -0.2) is 0 Å². The zero-order valence-electron chi connectivity index (χ0n) is 11.8. The maximum absolute atomic E-state index is 11.7. The minimum atomic E-state index is -0.216. The van der Waals surface area contributed by atoms with E-state index >= 15 is 0 Å². The summed E-state index contributed by atoms with van der Waals surface area (Å²) in [6, 6.07) is 7.84. The molecule has 2 amide bonds. The van der Waals surface area contributed by atoms with Crippen molar-refractivity contribution in [1.82, 2.24) is 16.0 Å². The smallest absolute Gasteiger partial charge is 0.273 e. The second-order valence-corrected chi connectivity index (χ2v) is 6.61. The minimum Gasteiger partial charge on any atom is -0.348 e. The zero-order chi connectivity index (χ0) is 16.0. The Labute approximate surface area is 141 Å². The molecule has 0 spiro atoms. The molecule has 1 aromatic carbocycles. The standard InChI is InChI=1S/C16H11N3O2S2/c20-14-12-2-1-8(3-9(12)6-17-14)10-4-11(23-7-10)5-13-15(21)19-16(22)18-13/h1-5,7H,6H2,(H,17,20)(H2,18,19,21,22). The van der Waals surface area contributed by atoms with Gasteiger partial charge in [-0.15, -0.1) is 11.3 Å². The van der Waals surface area contributed by atoms with E-state index in [1.807, 2.05) is 29.6 Å². The van der Waals surface area contributed by atoms with E-state index < -0.39 is 0 Å². The van der Waals surface area contributed by atoms with Crippen molar-refractivity contribution in [3.05, 3.63) is 51.3 Å². The number of carbonyl (C=O) groups is 2. The Morgan fingerprint density at radius 2 is 1.96 bits per heavy atom. The van der Waals surface area contributed by atoms with Crippen LogP contribution in [0.25, 0.3) is 17.2 Å². The van der Waals surface area contributed by atoms with E-state index in [0.717, 1.165) is 27.1 Å². The normalized spacial score (nSPS) is 17.9. The first kappa shape index (κ1) is 14.1. The monoisotopic (exact) mass is 341 g/mol. The number of carbonyl (C=O) groups excluding carboxylic acids is 2. The summed E-state index contributed by atoms with van der Waals surface area (Å²) >= 11 is 6.46. The molecular weight excluding hydrogens is 330 g/mol. The molecule has 2 aromatic rings. The first-order valence-electron chi connectivity index (χ1n) is 6.94. The van der Waals surface area contributed by atoms with E-state index in [1.54, 1.807) is 17.4 Å². The molecule has 2 aliphatic rings. The summed E-state index contributed by atoms with van der Waals surface area (Å²) in [5.74, 6) is -0.233. The third kappa shape index (κ3) is 2.54. The van der Waals surface area contributed by atoms with Crippen LogP contribution in [-0.4, -0.2) is 16.9 Å². The topological polar surface area (TPSA) is 70.2 Å². The molecule has 0 aliphatic carbocycles. The van der Waals surface area contributed by atoms with Crippen LogP contribution in [0.5, 0.6) is 0 Å². The van der Waals surface area contributed by atoms with E-state index in [9.17, 15) is 9.59 Å². The maximum Gasteiger partial charge on any atom is 0.273 e. The molecule has 0 unspecified atom stereocenters. The van der Waals surface area contributed by atoms with Crippen LogP contribution in [0, 0.1) is 0 Å². The zero-order valence-corrected chi connectivity index (χ0v) is 13.4. The lowest BCUT2D eigenvalue weighted by Gasteiger charge is -2.00. The molecule has 0 saturated carbocycles. The molecule has 1 fully saturated rings. The number of benzene rings is 1. The van der Waals surface area contributed by atoms with Gasteiger partial charge in [-0.1, -0.05) is 6.07 Å². The molecule has 4 rings (SSSR count). The van der Waals surface area contributed by atoms with Gasteiger partial charge in [0.25, 0.3) is 11.8 Å². The van der Waals surface area contributed by atoms with E-state index in [1.165, 1.54) is 0 Å². The van der Waals surface area contributed by atoms with Crippen LogP contribution in [0.4, 0.5) is 0 Å². The van der Waals surface area contributed by atoms with Crippen LogP contribution in [0.1, 0.15) is 20.8 Å². The summed E-state index contributed by atoms with van der Waals surface area (Å²) < 4.78 is 0. The van der Waals surface area contributed by atoms with Crippen LogP contribution < -0.4 is 16.0 Å². The fraction of sp³-hybridized carbons (Fsp3) is 0.0625. The Morgan fingerprint density at radius 3 is 2.74 bits per heavy atom. The molecule has 0 radical (unpaired) electrons. The van der Waals surface area contributed by atoms with Gasteiger partial charge >= 0.3 is 0 Å². The number of nitrogens with one attached hydrogen (secondary N) is 3. The van der Waals surface area contributed by atoms with Gasteiger partial charge in [0.05, 0.1) is 0 Å². The predicted octanol–water partition coefficient (Wildman–Crippen LogP) is 2.00. The molecule has 0 atom stereocenters. The number of thiophene rings is 1. The highest BCUT2D eigenvalue weighted by Crippen LogP contribution is 2.29. The number of hydrogen-bond acceptors (Lipinski definition) is 4. The average Bonchev–Trinajstić information content (AvgIpc) is 3.21. The first-order valence-corrected chi connectivity index (χ1v) is 8.23. The summed E-state index contributed by atoms with van der Waals surface area (Å²) in [5, 5.41) is 10.5. The molecule has 7 heteroatoms. The minimum absolute atomic E-state index is 0.0171. The van der Waals surface area contributed by atoms with E-state index in [4.69, 9.17) is 12.2 Å². The van der Waals surface area contributed by atoms with E-state index in [2.05, 4.69) is 16.0 Å². The second-order valence-electron chi connectivity index (χ2n) is 5.26. The fourth-order valence-electron chi connectivity index (χ4n) is 2.62. The van der Waals surface area contributed by atoms with Crippen molar-refractivity contribution in [3.63, 3.8) is 0 Å². The quantitative estimate of drug-likeness (QED) is 0.577. The summed E-state index contributed by atoms with van der Waals surface area (Å²) in [5.41, 5.74) is 4.32. The Bertz CT molecular complexity index is 898. The van der Waals surface area contributed by atoms with Crippen molar-refractivity contribution in [3.8, 4) is 11.1 Å². The predicted molar refractivity (Wildman–Crippen MR) is 92.8 cm³/mol. The van der Waals surface area contributed by atoms with Crippen LogP contribution in [-0.2, 0) is 11.3 Å². The molecule has 2 aliphatic heterocycles.